The summed E-state index contributed by atoms with van der Waals surface area (Å²) in [6, 6.07) is 7.40. The Balaban J connectivity index is 0.00000242. The number of hydrogen-bond donors (Lipinski definition) is 1. The zero-order valence-electron chi connectivity index (χ0n) is 13.4. The number of halogens is 1. The fraction of sp³-hybridized carbons (Fsp3) is 0.600. The van der Waals surface area contributed by atoms with Crippen LogP contribution in [0.15, 0.2) is 29.2 Å². The number of likely N-dealkylation sites (tertiary alicyclic amines) is 1. The zero-order valence-corrected chi connectivity index (χ0v) is 15.0. The molecule has 0 aromatic heterocycles. The first-order valence-corrected chi connectivity index (χ1v) is 8.74. The molecule has 1 aliphatic rings. The van der Waals surface area contributed by atoms with Gasteiger partial charge in [0.1, 0.15) is 0 Å². The van der Waals surface area contributed by atoms with Crippen molar-refractivity contribution in [2.24, 2.45) is 11.7 Å². The van der Waals surface area contributed by atoms with Gasteiger partial charge in [-0.05, 0) is 43.5 Å². The van der Waals surface area contributed by atoms with Crippen LogP contribution in [0.2, 0.25) is 0 Å². The SMILES string of the molecule is CC(N)C1CCN(Cc2ccc(S(=O)(=O)N(C)C)cc2)C1.Cl. The van der Waals surface area contributed by atoms with E-state index in [2.05, 4.69) is 11.8 Å². The highest BCUT2D eigenvalue weighted by Crippen LogP contribution is 2.21. The van der Waals surface area contributed by atoms with Crippen molar-refractivity contribution in [3.8, 4) is 0 Å². The highest BCUT2D eigenvalue weighted by atomic mass is 35.5. The monoisotopic (exact) mass is 347 g/mol. The van der Waals surface area contributed by atoms with Crippen LogP contribution in [0.1, 0.15) is 18.9 Å². The maximum atomic E-state index is 12.0. The summed E-state index contributed by atoms with van der Waals surface area (Å²) in [5.41, 5.74) is 7.09. The summed E-state index contributed by atoms with van der Waals surface area (Å²) in [7, 11) is -0.251. The summed E-state index contributed by atoms with van der Waals surface area (Å²) in [5.74, 6) is 0.568. The van der Waals surface area contributed by atoms with Crippen molar-refractivity contribution in [3.63, 3.8) is 0 Å². The molecule has 22 heavy (non-hydrogen) atoms. The quantitative estimate of drug-likeness (QED) is 0.877. The molecule has 1 heterocycles. The molecule has 1 saturated heterocycles. The van der Waals surface area contributed by atoms with E-state index in [-0.39, 0.29) is 18.4 Å². The van der Waals surface area contributed by atoms with E-state index in [9.17, 15) is 8.42 Å². The Morgan fingerprint density at radius 2 is 1.91 bits per heavy atom. The predicted molar refractivity (Wildman–Crippen MR) is 91.6 cm³/mol. The van der Waals surface area contributed by atoms with Crippen LogP contribution in [-0.2, 0) is 16.6 Å². The number of benzene rings is 1. The molecule has 2 atom stereocenters. The van der Waals surface area contributed by atoms with E-state index < -0.39 is 10.0 Å². The summed E-state index contributed by atoms with van der Waals surface area (Å²) < 4.78 is 25.2. The maximum absolute atomic E-state index is 12.0. The average Bonchev–Trinajstić information content (AvgIpc) is 2.88. The summed E-state index contributed by atoms with van der Waals surface area (Å²) >= 11 is 0. The van der Waals surface area contributed by atoms with Crippen molar-refractivity contribution in [1.82, 2.24) is 9.21 Å². The Labute approximate surface area is 139 Å². The van der Waals surface area contributed by atoms with Gasteiger partial charge in [0, 0.05) is 33.2 Å². The normalized spacial score (nSPS) is 20.9. The first-order chi connectivity index (χ1) is 9.80. The molecule has 0 amide bonds. The lowest BCUT2D eigenvalue weighted by Crippen LogP contribution is -2.29. The van der Waals surface area contributed by atoms with Gasteiger partial charge < -0.3 is 5.73 Å². The molecule has 0 spiro atoms. The standard InChI is InChI=1S/C15H25N3O2S.ClH/c1-12(16)14-8-9-18(11-14)10-13-4-6-15(7-5-13)21(19,20)17(2)3;/h4-7,12,14H,8-11,16H2,1-3H3;1H. The minimum absolute atomic E-state index is 0. The Bertz CT molecular complexity index is 573. The van der Waals surface area contributed by atoms with Crippen LogP contribution >= 0.6 is 12.4 Å². The van der Waals surface area contributed by atoms with E-state index in [4.69, 9.17) is 5.73 Å². The minimum atomic E-state index is -3.34. The van der Waals surface area contributed by atoms with Gasteiger partial charge in [-0.1, -0.05) is 12.1 Å². The van der Waals surface area contributed by atoms with Crippen LogP contribution < -0.4 is 5.73 Å². The summed E-state index contributed by atoms with van der Waals surface area (Å²) in [5, 5.41) is 0. The van der Waals surface area contributed by atoms with Crippen molar-refractivity contribution in [2.45, 2.75) is 30.8 Å². The maximum Gasteiger partial charge on any atom is 0.242 e. The topological polar surface area (TPSA) is 66.6 Å². The lowest BCUT2D eigenvalue weighted by molar-refractivity contribution is 0.308. The molecule has 0 bridgehead atoms. The lowest BCUT2D eigenvalue weighted by Gasteiger charge is -2.18. The minimum Gasteiger partial charge on any atom is -0.328 e. The largest absolute Gasteiger partial charge is 0.328 e. The highest BCUT2D eigenvalue weighted by Gasteiger charge is 2.25. The average molecular weight is 348 g/mol. The molecular formula is C15H26ClN3O2S. The van der Waals surface area contributed by atoms with Crippen LogP contribution in [0.5, 0.6) is 0 Å². The van der Waals surface area contributed by atoms with Gasteiger partial charge in [0.15, 0.2) is 0 Å². The number of rotatable bonds is 5. The highest BCUT2D eigenvalue weighted by molar-refractivity contribution is 7.89. The van der Waals surface area contributed by atoms with Gasteiger partial charge in [-0.15, -0.1) is 12.4 Å². The fourth-order valence-corrected chi connectivity index (χ4v) is 3.57. The second-order valence-corrected chi connectivity index (χ2v) is 8.23. The van der Waals surface area contributed by atoms with Crippen LogP contribution in [-0.4, -0.2) is 50.8 Å². The van der Waals surface area contributed by atoms with Crippen molar-refractivity contribution < 1.29 is 8.42 Å². The number of nitrogens with zero attached hydrogens (tertiary/aromatic N) is 2. The third-order valence-electron chi connectivity index (χ3n) is 4.16. The Kier molecular flexibility index (Phi) is 6.83. The molecule has 126 valence electrons. The van der Waals surface area contributed by atoms with Crippen LogP contribution in [0.4, 0.5) is 0 Å². The Morgan fingerprint density at radius 3 is 2.36 bits per heavy atom. The molecule has 7 heteroatoms. The smallest absolute Gasteiger partial charge is 0.242 e. The van der Waals surface area contributed by atoms with Gasteiger partial charge in [-0.25, -0.2) is 12.7 Å². The third-order valence-corrected chi connectivity index (χ3v) is 5.99. The van der Waals surface area contributed by atoms with Crippen molar-refractivity contribution in [1.29, 1.82) is 0 Å². The van der Waals surface area contributed by atoms with Crippen molar-refractivity contribution >= 4 is 22.4 Å². The summed E-state index contributed by atoms with van der Waals surface area (Å²) in [6.45, 7) is 5.00. The lowest BCUT2D eigenvalue weighted by atomic mass is 10.0. The van der Waals surface area contributed by atoms with Gasteiger partial charge in [0.2, 0.25) is 10.0 Å². The molecule has 1 fully saturated rings. The molecule has 0 aliphatic carbocycles. The van der Waals surface area contributed by atoms with Gasteiger partial charge in [0.25, 0.3) is 0 Å². The third kappa shape index (κ3) is 4.43. The molecule has 2 unspecified atom stereocenters. The van der Waals surface area contributed by atoms with Crippen molar-refractivity contribution in [2.75, 3.05) is 27.2 Å². The van der Waals surface area contributed by atoms with E-state index in [1.807, 2.05) is 12.1 Å². The Hall–Kier alpha value is -0.660. The van der Waals surface area contributed by atoms with Crippen LogP contribution in [0.25, 0.3) is 0 Å². The van der Waals surface area contributed by atoms with Crippen LogP contribution in [0.3, 0.4) is 0 Å². The number of nitrogens with two attached hydrogens (primary N) is 1. The van der Waals surface area contributed by atoms with E-state index in [1.165, 1.54) is 4.31 Å². The molecule has 0 radical (unpaired) electrons. The first-order valence-electron chi connectivity index (χ1n) is 7.30. The second kappa shape index (κ2) is 7.75. The Morgan fingerprint density at radius 1 is 1.32 bits per heavy atom. The van der Waals surface area contributed by atoms with Gasteiger partial charge >= 0.3 is 0 Å². The van der Waals surface area contributed by atoms with E-state index in [0.717, 1.165) is 31.6 Å². The molecule has 0 saturated carbocycles. The summed E-state index contributed by atoms with van der Waals surface area (Å²) in [6.07, 6.45) is 1.14. The van der Waals surface area contributed by atoms with Crippen molar-refractivity contribution in [3.05, 3.63) is 29.8 Å². The fourth-order valence-electron chi connectivity index (χ4n) is 2.67. The molecule has 1 aliphatic heterocycles. The molecular weight excluding hydrogens is 322 g/mol. The zero-order chi connectivity index (χ0) is 15.6. The second-order valence-electron chi connectivity index (χ2n) is 6.07. The molecule has 1 aromatic rings. The van der Waals surface area contributed by atoms with Gasteiger partial charge in [-0.3, -0.25) is 4.90 Å². The molecule has 5 nitrogen and oxygen atoms in total. The number of hydrogen-bond acceptors (Lipinski definition) is 4. The van der Waals surface area contributed by atoms with E-state index >= 15 is 0 Å². The van der Waals surface area contributed by atoms with E-state index in [0.29, 0.717) is 10.8 Å². The predicted octanol–water partition coefficient (Wildman–Crippen LogP) is 1.53. The first kappa shape index (κ1) is 19.4. The number of sulfonamides is 1. The molecule has 2 rings (SSSR count). The van der Waals surface area contributed by atoms with Gasteiger partial charge in [-0.2, -0.15) is 0 Å². The van der Waals surface area contributed by atoms with Gasteiger partial charge in [0.05, 0.1) is 4.90 Å². The van der Waals surface area contributed by atoms with E-state index in [1.54, 1.807) is 26.2 Å². The summed E-state index contributed by atoms with van der Waals surface area (Å²) in [4.78, 5) is 2.72. The van der Waals surface area contributed by atoms with Crippen LogP contribution in [0, 0.1) is 5.92 Å². The molecule has 2 N–H and O–H groups in total. The molecule has 1 aromatic carbocycles.